The summed E-state index contributed by atoms with van der Waals surface area (Å²) < 4.78 is 16.3. The first kappa shape index (κ1) is 26.3. The molecule has 3 aromatic rings. The number of nitrogens with one attached hydrogen (secondary N) is 1. The smallest absolute Gasteiger partial charge is 0.333 e. The molecule has 0 saturated carbocycles. The lowest BCUT2D eigenvalue weighted by molar-refractivity contribution is -0.153. The number of carbonyl (C=O) groups excluding carboxylic acids is 1. The summed E-state index contributed by atoms with van der Waals surface area (Å²) in [5.41, 5.74) is 3.65. The zero-order valence-electron chi connectivity index (χ0n) is 20.0. The van der Waals surface area contributed by atoms with Crippen molar-refractivity contribution in [3.8, 4) is 16.9 Å². The SMILES string of the molecule is CCCOc1ccc(C(=O)NCc2cc(CC(OC(C)C)C(=O)O)ccc2-c2ccoc2)c(Cl)c1. The number of ether oxygens (including phenoxy) is 2. The number of carboxylic acids is 1. The maximum absolute atomic E-state index is 12.9. The molecule has 1 atom stereocenters. The second-order valence-corrected chi connectivity index (χ2v) is 8.80. The summed E-state index contributed by atoms with van der Waals surface area (Å²) in [6.07, 6.45) is 3.08. The predicted octanol–water partition coefficient (Wildman–Crippen LogP) is 5.74. The molecule has 186 valence electrons. The van der Waals surface area contributed by atoms with Gasteiger partial charge >= 0.3 is 5.97 Å². The highest BCUT2D eigenvalue weighted by Gasteiger charge is 2.21. The van der Waals surface area contributed by atoms with Crippen molar-refractivity contribution in [1.29, 1.82) is 0 Å². The van der Waals surface area contributed by atoms with Gasteiger partial charge in [-0.05, 0) is 61.2 Å². The van der Waals surface area contributed by atoms with Gasteiger partial charge in [0.15, 0.2) is 6.10 Å². The van der Waals surface area contributed by atoms with E-state index in [2.05, 4.69) is 5.32 Å². The Morgan fingerprint density at radius 2 is 1.94 bits per heavy atom. The van der Waals surface area contributed by atoms with Gasteiger partial charge in [-0.2, -0.15) is 0 Å². The summed E-state index contributed by atoms with van der Waals surface area (Å²) >= 11 is 6.33. The Labute approximate surface area is 210 Å². The van der Waals surface area contributed by atoms with Crippen LogP contribution in [0, 0.1) is 0 Å². The summed E-state index contributed by atoms with van der Waals surface area (Å²) in [6.45, 7) is 6.38. The Kier molecular flexibility index (Phi) is 9.34. The second kappa shape index (κ2) is 12.4. The van der Waals surface area contributed by atoms with E-state index in [4.69, 9.17) is 25.5 Å². The van der Waals surface area contributed by atoms with E-state index in [1.54, 1.807) is 44.6 Å². The molecule has 0 aliphatic rings. The van der Waals surface area contributed by atoms with E-state index in [0.29, 0.717) is 22.9 Å². The minimum atomic E-state index is -1.02. The molecule has 0 bridgehead atoms. The molecule has 0 radical (unpaired) electrons. The van der Waals surface area contributed by atoms with Gasteiger partial charge in [0.05, 0.1) is 35.8 Å². The summed E-state index contributed by atoms with van der Waals surface area (Å²) in [4.78, 5) is 24.5. The maximum atomic E-state index is 12.9. The molecule has 8 heteroatoms. The highest BCUT2D eigenvalue weighted by atomic mass is 35.5. The predicted molar refractivity (Wildman–Crippen MR) is 134 cm³/mol. The van der Waals surface area contributed by atoms with Gasteiger partial charge in [0, 0.05) is 18.5 Å². The average molecular weight is 500 g/mol. The lowest BCUT2D eigenvalue weighted by atomic mass is 9.96. The quantitative estimate of drug-likeness (QED) is 0.330. The van der Waals surface area contributed by atoms with Crippen molar-refractivity contribution in [2.24, 2.45) is 0 Å². The lowest BCUT2D eigenvalue weighted by Gasteiger charge is -2.18. The fourth-order valence-corrected chi connectivity index (χ4v) is 3.87. The van der Waals surface area contributed by atoms with Gasteiger partial charge in [-0.25, -0.2) is 4.79 Å². The Morgan fingerprint density at radius 3 is 2.57 bits per heavy atom. The van der Waals surface area contributed by atoms with Crippen LogP contribution in [0.15, 0.2) is 59.4 Å². The van der Waals surface area contributed by atoms with Crippen LogP contribution >= 0.6 is 11.6 Å². The van der Waals surface area contributed by atoms with E-state index in [0.717, 1.165) is 28.7 Å². The van der Waals surface area contributed by atoms with Gasteiger partial charge in [-0.1, -0.05) is 36.7 Å². The van der Waals surface area contributed by atoms with Crippen molar-refractivity contribution < 1.29 is 28.6 Å². The molecule has 7 nitrogen and oxygen atoms in total. The van der Waals surface area contributed by atoms with Crippen LogP contribution in [0.4, 0.5) is 0 Å². The first-order valence-corrected chi connectivity index (χ1v) is 11.9. The van der Waals surface area contributed by atoms with E-state index >= 15 is 0 Å². The van der Waals surface area contributed by atoms with Crippen LogP contribution in [-0.2, 0) is 22.5 Å². The number of benzene rings is 2. The molecule has 0 spiro atoms. The first-order valence-electron chi connectivity index (χ1n) is 11.5. The minimum Gasteiger partial charge on any atom is -0.494 e. The summed E-state index contributed by atoms with van der Waals surface area (Å²) in [5, 5.41) is 12.8. The van der Waals surface area contributed by atoms with Crippen LogP contribution in [-0.4, -0.2) is 35.8 Å². The number of hydrogen-bond acceptors (Lipinski definition) is 5. The molecule has 0 aliphatic carbocycles. The molecule has 0 aliphatic heterocycles. The number of amides is 1. The van der Waals surface area contributed by atoms with Crippen LogP contribution in [0.1, 0.15) is 48.7 Å². The lowest BCUT2D eigenvalue weighted by Crippen LogP contribution is -2.29. The van der Waals surface area contributed by atoms with E-state index in [1.807, 2.05) is 31.2 Å². The fraction of sp³-hybridized carbons (Fsp3) is 0.333. The normalized spacial score (nSPS) is 11.9. The molecule has 0 saturated heterocycles. The number of halogens is 1. The van der Waals surface area contributed by atoms with Crippen LogP contribution in [0.2, 0.25) is 5.02 Å². The highest BCUT2D eigenvalue weighted by molar-refractivity contribution is 6.34. The van der Waals surface area contributed by atoms with E-state index in [9.17, 15) is 14.7 Å². The molecule has 1 aromatic heterocycles. The summed E-state index contributed by atoms with van der Waals surface area (Å²) in [7, 11) is 0. The Hall–Kier alpha value is -3.29. The van der Waals surface area contributed by atoms with Gasteiger partial charge < -0.3 is 24.3 Å². The molecule has 1 unspecified atom stereocenters. The number of carboxylic acid groups (broad SMARTS) is 1. The topological polar surface area (TPSA) is 98.0 Å². The van der Waals surface area contributed by atoms with Crippen LogP contribution in [0.25, 0.3) is 11.1 Å². The third-order valence-electron chi connectivity index (χ3n) is 5.23. The summed E-state index contributed by atoms with van der Waals surface area (Å²) in [5.74, 6) is -0.736. The van der Waals surface area contributed by atoms with Gasteiger partial charge in [0.25, 0.3) is 5.91 Å². The van der Waals surface area contributed by atoms with Crippen LogP contribution in [0.3, 0.4) is 0 Å². The van der Waals surface area contributed by atoms with Crippen LogP contribution in [0.5, 0.6) is 5.75 Å². The van der Waals surface area contributed by atoms with E-state index in [1.165, 1.54) is 0 Å². The molecule has 2 aromatic carbocycles. The van der Waals surface area contributed by atoms with Crippen molar-refractivity contribution >= 4 is 23.5 Å². The molecule has 3 rings (SSSR count). The number of rotatable bonds is 12. The fourth-order valence-electron chi connectivity index (χ4n) is 3.62. The zero-order valence-corrected chi connectivity index (χ0v) is 20.8. The summed E-state index contributed by atoms with van der Waals surface area (Å²) in [6, 6.07) is 12.4. The van der Waals surface area contributed by atoms with Crippen molar-refractivity contribution in [1.82, 2.24) is 5.32 Å². The second-order valence-electron chi connectivity index (χ2n) is 8.39. The average Bonchev–Trinajstić information content (AvgIpc) is 3.35. The van der Waals surface area contributed by atoms with Crippen molar-refractivity contribution in [3.63, 3.8) is 0 Å². The van der Waals surface area contributed by atoms with Gasteiger partial charge in [0.1, 0.15) is 5.75 Å². The van der Waals surface area contributed by atoms with E-state index < -0.39 is 12.1 Å². The van der Waals surface area contributed by atoms with Gasteiger partial charge in [-0.15, -0.1) is 0 Å². The van der Waals surface area contributed by atoms with Crippen molar-refractivity contribution in [2.45, 2.75) is 52.4 Å². The number of hydrogen-bond donors (Lipinski definition) is 2. The Bertz CT molecular complexity index is 1140. The first-order chi connectivity index (χ1) is 16.8. The monoisotopic (exact) mass is 499 g/mol. The van der Waals surface area contributed by atoms with Gasteiger partial charge in [0.2, 0.25) is 0 Å². The van der Waals surface area contributed by atoms with E-state index in [-0.39, 0.29) is 25.0 Å². The molecule has 1 heterocycles. The molecular formula is C27H30ClNO6. The highest BCUT2D eigenvalue weighted by Crippen LogP contribution is 2.27. The zero-order chi connectivity index (χ0) is 25.4. The third kappa shape index (κ3) is 7.34. The van der Waals surface area contributed by atoms with Crippen molar-refractivity contribution in [2.75, 3.05) is 6.61 Å². The molecule has 1 amide bonds. The van der Waals surface area contributed by atoms with Crippen molar-refractivity contribution in [3.05, 3.63) is 76.7 Å². The molecule has 0 fully saturated rings. The number of furan rings is 1. The maximum Gasteiger partial charge on any atom is 0.333 e. The molecule has 2 N–H and O–H groups in total. The molecular weight excluding hydrogens is 470 g/mol. The largest absolute Gasteiger partial charge is 0.494 e. The minimum absolute atomic E-state index is 0.200. The third-order valence-corrected chi connectivity index (χ3v) is 5.54. The standard InChI is InChI=1S/C27H30ClNO6/c1-4-10-34-21-6-8-23(24(28)14-21)26(30)29-15-20-12-18(13-25(27(31)32)35-17(2)3)5-7-22(20)19-9-11-33-16-19/h5-9,11-12,14,16-17,25H,4,10,13,15H2,1-3H3,(H,29,30)(H,31,32). The van der Waals surface area contributed by atoms with Gasteiger partial charge in [-0.3, -0.25) is 4.79 Å². The number of carbonyl (C=O) groups is 2. The van der Waals surface area contributed by atoms with Crippen LogP contribution < -0.4 is 10.1 Å². The number of aliphatic carboxylic acids is 1. The Morgan fingerprint density at radius 1 is 1.14 bits per heavy atom. The Balaban J connectivity index is 1.80. The molecule has 35 heavy (non-hydrogen) atoms.